The van der Waals surface area contributed by atoms with E-state index in [9.17, 15) is 9.59 Å². The largest absolute Gasteiger partial charge is 0.444 e. The van der Waals surface area contributed by atoms with Gasteiger partial charge in [-0.1, -0.05) is 18.8 Å². The first-order chi connectivity index (χ1) is 17.0. The van der Waals surface area contributed by atoms with Crippen molar-refractivity contribution in [3.8, 4) is 11.8 Å². The zero-order chi connectivity index (χ0) is 26.7. The number of nitrogens with zero attached hydrogens (tertiary/aromatic N) is 5. The van der Waals surface area contributed by atoms with Crippen molar-refractivity contribution in [1.29, 1.82) is 0 Å². The first-order valence-corrected chi connectivity index (χ1v) is 12.1. The molecule has 0 fully saturated rings. The van der Waals surface area contributed by atoms with Crippen LogP contribution in [0.25, 0.3) is 0 Å². The predicted molar refractivity (Wildman–Crippen MR) is 140 cm³/mol. The second kappa shape index (κ2) is 13.3. The van der Waals surface area contributed by atoms with Crippen LogP contribution in [-0.4, -0.2) is 68.4 Å². The Bertz CT molecular complexity index is 1080. The lowest BCUT2D eigenvalue weighted by molar-refractivity contribution is -0.125. The number of hydrogen-bond acceptors (Lipinski definition) is 8. The van der Waals surface area contributed by atoms with Crippen molar-refractivity contribution in [2.45, 2.75) is 65.5 Å². The number of likely N-dealkylation sites (N-methyl/N-ethyl adjacent to an activating group) is 1. The summed E-state index contributed by atoms with van der Waals surface area (Å²) in [5, 5.41) is 13.5. The van der Waals surface area contributed by atoms with Gasteiger partial charge in [-0.15, -0.1) is 0 Å². The molecule has 11 nitrogen and oxygen atoms in total. The summed E-state index contributed by atoms with van der Waals surface area (Å²) < 4.78 is 7.00. The lowest BCUT2D eigenvalue weighted by Crippen LogP contribution is -2.47. The summed E-state index contributed by atoms with van der Waals surface area (Å²) in [5.41, 5.74) is 0.0827. The van der Waals surface area contributed by atoms with Crippen molar-refractivity contribution in [1.82, 2.24) is 30.0 Å². The molecule has 1 atom stereocenters. The van der Waals surface area contributed by atoms with E-state index in [1.54, 1.807) is 45.6 Å². The summed E-state index contributed by atoms with van der Waals surface area (Å²) in [6, 6.07) is 1.19. The molecule has 3 N–H and O–H groups in total. The normalized spacial score (nSPS) is 11.6. The molecule has 0 aliphatic heterocycles. The SMILES string of the molecule is CCCNc1nc(Nc2ccn(C)n2)ncc1C#CCCCNC(=O)[C@H](C)N(C)C(=O)OC(C)(C)C. The van der Waals surface area contributed by atoms with Crippen molar-refractivity contribution < 1.29 is 14.3 Å². The molecule has 0 saturated carbocycles. The number of aryl methyl sites for hydroxylation is 1. The fourth-order valence-electron chi connectivity index (χ4n) is 2.87. The Morgan fingerprint density at radius 3 is 2.67 bits per heavy atom. The van der Waals surface area contributed by atoms with Crippen LogP contribution >= 0.6 is 0 Å². The third-order valence-electron chi connectivity index (χ3n) is 4.93. The van der Waals surface area contributed by atoms with Gasteiger partial charge in [0.1, 0.15) is 17.5 Å². The van der Waals surface area contributed by atoms with Crippen LogP contribution in [0.15, 0.2) is 18.5 Å². The van der Waals surface area contributed by atoms with Crippen LogP contribution in [0.5, 0.6) is 0 Å². The van der Waals surface area contributed by atoms with Crippen LogP contribution in [0.4, 0.5) is 22.4 Å². The van der Waals surface area contributed by atoms with E-state index in [-0.39, 0.29) is 5.91 Å². The van der Waals surface area contributed by atoms with Gasteiger partial charge >= 0.3 is 6.09 Å². The van der Waals surface area contributed by atoms with Crippen LogP contribution in [0.1, 0.15) is 59.4 Å². The van der Waals surface area contributed by atoms with Crippen LogP contribution < -0.4 is 16.0 Å². The molecular weight excluding hydrogens is 460 g/mol. The Morgan fingerprint density at radius 1 is 1.28 bits per heavy atom. The van der Waals surface area contributed by atoms with Gasteiger partial charge in [0.05, 0.1) is 11.8 Å². The van der Waals surface area contributed by atoms with Gasteiger partial charge in [-0.3, -0.25) is 14.4 Å². The molecule has 0 aromatic carbocycles. The smallest absolute Gasteiger partial charge is 0.410 e. The molecule has 11 heteroatoms. The molecular formula is C25H38N8O3. The van der Waals surface area contributed by atoms with E-state index in [4.69, 9.17) is 4.74 Å². The highest BCUT2D eigenvalue weighted by Gasteiger charge is 2.26. The summed E-state index contributed by atoms with van der Waals surface area (Å²) in [4.78, 5) is 34.7. The highest BCUT2D eigenvalue weighted by atomic mass is 16.6. The number of ether oxygens (including phenoxy) is 1. The number of unbranched alkanes of at least 4 members (excludes halogenated alkanes) is 1. The molecule has 2 heterocycles. The predicted octanol–water partition coefficient (Wildman–Crippen LogP) is 3.28. The van der Waals surface area contributed by atoms with Crippen molar-refractivity contribution in [3.05, 3.63) is 24.0 Å². The number of carbonyl (C=O) groups is 2. The van der Waals surface area contributed by atoms with E-state index in [0.717, 1.165) is 13.0 Å². The van der Waals surface area contributed by atoms with E-state index in [1.165, 1.54) is 4.90 Å². The fourth-order valence-corrected chi connectivity index (χ4v) is 2.87. The molecule has 2 amide bonds. The maximum atomic E-state index is 12.4. The van der Waals surface area contributed by atoms with Gasteiger partial charge in [-0.25, -0.2) is 9.78 Å². The quantitative estimate of drug-likeness (QED) is 0.337. The maximum Gasteiger partial charge on any atom is 0.410 e. The third kappa shape index (κ3) is 9.44. The minimum Gasteiger partial charge on any atom is -0.444 e. The van der Waals surface area contributed by atoms with Crippen molar-refractivity contribution in [2.75, 3.05) is 30.8 Å². The molecule has 0 aliphatic rings. The summed E-state index contributed by atoms with van der Waals surface area (Å²) in [6.45, 7) is 10.3. The van der Waals surface area contributed by atoms with E-state index in [0.29, 0.717) is 42.5 Å². The molecule has 2 aromatic rings. The highest BCUT2D eigenvalue weighted by molar-refractivity contribution is 5.85. The monoisotopic (exact) mass is 498 g/mol. The topological polar surface area (TPSA) is 126 Å². The summed E-state index contributed by atoms with van der Waals surface area (Å²) in [6.07, 6.45) is 5.17. The molecule has 196 valence electrons. The molecule has 36 heavy (non-hydrogen) atoms. The average molecular weight is 499 g/mol. The average Bonchev–Trinajstić information content (AvgIpc) is 3.22. The van der Waals surface area contributed by atoms with Crippen LogP contribution in [0.2, 0.25) is 0 Å². The standard InChI is InChI=1S/C25H38N8O3/c1-8-14-26-21-19(17-28-23(30-21)29-20-13-16-32(6)31-20)12-10-9-11-15-27-22(34)18(2)33(7)24(35)36-25(3,4)5/h13,16-18H,8-9,11,14-15H2,1-7H3,(H,27,34)(H2,26,28,29,30,31)/t18-/m0/s1. The number of anilines is 3. The van der Waals surface area contributed by atoms with E-state index >= 15 is 0 Å². The first-order valence-electron chi connectivity index (χ1n) is 12.1. The number of rotatable bonds is 10. The van der Waals surface area contributed by atoms with Gasteiger partial charge in [0.2, 0.25) is 11.9 Å². The van der Waals surface area contributed by atoms with E-state index < -0.39 is 17.7 Å². The zero-order valence-corrected chi connectivity index (χ0v) is 22.3. The Hall–Kier alpha value is -3.81. The molecule has 0 saturated heterocycles. The van der Waals surface area contributed by atoms with Crippen LogP contribution in [0, 0.1) is 11.8 Å². The minimum absolute atomic E-state index is 0.244. The Labute approximate surface area is 213 Å². The number of aromatic nitrogens is 4. The van der Waals surface area contributed by atoms with E-state index in [2.05, 4.69) is 49.8 Å². The molecule has 0 aliphatic carbocycles. The number of nitrogens with one attached hydrogen (secondary N) is 3. The van der Waals surface area contributed by atoms with Gasteiger partial charge < -0.3 is 20.7 Å². The molecule has 2 aromatic heterocycles. The van der Waals surface area contributed by atoms with Crippen molar-refractivity contribution >= 4 is 29.6 Å². The number of hydrogen-bond donors (Lipinski definition) is 3. The van der Waals surface area contributed by atoms with Crippen molar-refractivity contribution in [3.63, 3.8) is 0 Å². The van der Waals surface area contributed by atoms with Crippen LogP contribution in [-0.2, 0) is 16.6 Å². The van der Waals surface area contributed by atoms with Crippen molar-refractivity contribution in [2.24, 2.45) is 7.05 Å². The lowest BCUT2D eigenvalue weighted by Gasteiger charge is -2.28. The van der Waals surface area contributed by atoms with Gasteiger partial charge in [-0.2, -0.15) is 10.1 Å². The minimum atomic E-state index is -0.645. The van der Waals surface area contributed by atoms with Gasteiger partial charge in [0.25, 0.3) is 0 Å². The number of carbonyl (C=O) groups excluding carboxylic acids is 2. The first kappa shape index (κ1) is 28.4. The number of amides is 2. The summed E-state index contributed by atoms with van der Waals surface area (Å²) in [7, 11) is 3.39. The molecule has 2 rings (SSSR count). The second-order valence-corrected chi connectivity index (χ2v) is 9.35. The molecule has 0 unspecified atom stereocenters. The summed E-state index contributed by atoms with van der Waals surface area (Å²) >= 11 is 0. The van der Waals surface area contributed by atoms with Gasteiger partial charge in [0.15, 0.2) is 5.82 Å². The lowest BCUT2D eigenvalue weighted by atomic mass is 10.2. The Kier molecular flexibility index (Phi) is 10.5. The third-order valence-corrected chi connectivity index (χ3v) is 4.93. The Morgan fingerprint density at radius 2 is 2.03 bits per heavy atom. The molecule has 0 spiro atoms. The van der Waals surface area contributed by atoms with Gasteiger partial charge in [-0.05, 0) is 40.5 Å². The Balaban J connectivity index is 1.87. The summed E-state index contributed by atoms with van der Waals surface area (Å²) in [5.74, 6) is 7.74. The van der Waals surface area contributed by atoms with Crippen LogP contribution in [0.3, 0.4) is 0 Å². The zero-order valence-electron chi connectivity index (χ0n) is 22.3. The van der Waals surface area contributed by atoms with Gasteiger partial charge in [0, 0.05) is 45.9 Å². The fraction of sp³-hybridized carbons (Fsp3) is 0.560. The highest BCUT2D eigenvalue weighted by Crippen LogP contribution is 2.16. The van der Waals surface area contributed by atoms with E-state index in [1.807, 2.05) is 19.3 Å². The molecule has 0 radical (unpaired) electrons. The molecule has 0 bridgehead atoms. The second-order valence-electron chi connectivity index (χ2n) is 9.35. The maximum absolute atomic E-state index is 12.4.